The van der Waals surface area contributed by atoms with Gasteiger partial charge in [-0.05, 0) is 48.8 Å². The van der Waals surface area contributed by atoms with Crippen molar-refractivity contribution < 1.29 is 9.90 Å². The van der Waals surface area contributed by atoms with Gasteiger partial charge in [0, 0.05) is 12.0 Å². The molecule has 1 unspecified atom stereocenters. The van der Waals surface area contributed by atoms with Gasteiger partial charge in [0.05, 0.1) is 5.92 Å². The van der Waals surface area contributed by atoms with E-state index in [1.807, 2.05) is 19.1 Å². The number of nitrogens with zero attached hydrogens (tertiary/aromatic N) is 3. The first-order chi connectivity index (χ1) is 13.1. The SMILES string of the molecule is CCC[C@H](C(=O)O)[C@H](Cc1ccccc1C1=CCC(N)CC1)c1nn[nH]n1. The number of nitrogens with one attached hydrogen (secondary N) is 1. The highest BCUT2D eigenvalue weighted by molar-refractivity contribution is 5.72. The molecule has 0 bridgehead atoms. The van der Waals surface area contributed by atoms with Gasteiger partial charge in [-0.1, -0.05) is 48.9 Å². The van der Waals surface area contributed by atoms with E-state index in [1.54, 1.807) is 0 Å². The van der Waals surface area contributed by atoms with Gasteiger partial charge in [-0.2, -0.15) is 5.21 Å². The van der Waals surface area contributed by atoms with Crippen LogP contribution in [0.5, 0.6) is 0 Å². The van der Waals surface area contributed by atoms with E-state index in [0.717, 1.165) is 31.2 Å². The molecule has 2 aromatic rings. The molecule has 1 aromatic heterocycles. The van der Waals surface area contributed by atoms with Crippen molar-refractivity contribution in [3.8, 4) is 0 Å². The van der Waals surface area contributed by atoms with Gasteiger partial charge in [0.25, 0.3) is 0 Å². The molecule has 1 aromatic carbocycles. The number of benzene rings is 1. The quantitative estimate of drug-likeness (QED) is 0.658. The topological polar surface area (TPSA) is 118 Å². The standard InChI is InChI=1S/C20H27N5O2/c1-2-5-17(20(26)27)18(19-22-24-25-23-19)12-14-6-3-4-7-16(14)13-8-10-15(21)11-9-13/h3-4,6-8,15,17-18H,2,5,9-12,21H2,1H3,(H,26,27)(H,22,23,24,25)/t15?,17-,18-/m0/s1. The van der Waals surface area contributed by atoms with Crippen LogP contribution in [0.2, 0.25) is 0 Å². The Morgan fingerprint density at radius 1 is 1.41 bits per heavy atom. The maximum atomic E-state index is 11.9. The van der Waals surface area contributed by atoms with Gasteiger partial charge in [0.2, 0.25) is 0 Å². The van der Waals surface area contributed by atoms with Crippen LogP contribution in [0.15, 0.2) is 30.3 Å². The second kappa shape index (κ2) is 8.90. The minimum absolute atomic E-state index is 0.230. The Labute approximate surface area is 159 Å². The van der Waals surface area contributed by atoms with Crippen molar-refractivity contribution in [1.82, 2.24) is 20.6 Å². The smallest absolute Gasteiger partial charge is 0.307 e. The summed E-state index contributed by atoms with van der Waals surface area (Å²) in [5.41, 5.74) is 9.62. The molecule has 1 heterocycles. The molecular weight excluding hydrogens is 342 g/mol. The number of nitrogens with two attached hydrogens (primary N) is 1. The monoisotopic (exact) mass is 369 g/mol. The number of tetrazole rings is 1. The number of allylic oxidation sites excluding steroid dienone is 1. The van der Waals surface area contributed by atoms with Crippen LogP contribution in [0.4, 0.5) is 0 Å². The lowest BCUT2D eigenvalue weighted by molar-refractivity contribution is -0.142. The molecular formula is C20H27N5O2. The van der Waals surface area contributed by atoms with Gasteiger partial charge in [0.15, 0.2) is 5.82 Å². The first kappa shape index (κ1) is 19.2. The lowest BCUT2D eigenvalue weighted by atomic mass is 9.80. The van der Waals surface area contributed by atoms with E-state index in [-0.39, 0.29) is 12.0 Å². The number of aromatic amines is 1. The van der Waals surface area contributed by atoms with Crippen molar-refractivity contribution in [3.63, 3.8) is 0 Å². The third-order valence-corrected chi connectivity index (χ3v) is 5.35. The summed E-state index contributed by atoms with van der Waals surface area (Å²) in [4.78, 5) is 11.9. The number of hydrogen-bond acceptors (Lipinski definition) is 5. The average molecular weight is 369 g/mol. The lowest BCUT2D eigenvalue weighted by Crippen LogP contribution is -2.25. The third kappa shape index (κ3) is 4.60. The highest BCUT2D eigenvalue weighted by Crippen LogP contribution is 2.34. The molecule has 0 saturated carbocycles. The third-order valence-electron chi connectivity index (χ3n) is 5.35. The summed E-state index contributed by atoms with van der Waals surface area (Å²) in [7, 11) is 0. The zero-order valence-corrected chi connectivity index (χ0v) is 15.6. The summed E-state index contributed by atoms with van der Waals surface area (Å²) in [6, 6.07) is 8.44. The Morgan fingerprint density at radius 2 is 2.22 bits per heavy atom. The van der Waals surface area contributed by atoms with Crippen LogP contribution in [0.1, 0.15) is 61.9 Å². The summed E-state index contributed by atoms with van der Waals surface area (Å²) in [5.74, 6) is -1.22. The number of rotatable bonds is 8. The van der Waals surface area contributed by atoms with E-state index >= 15 is 0 Å². The number of carbonyl (C=O) groups is 1. The van der Waals surface area contributed by atoms with Crippen LogP contribution < -0.4 is 5.73 Å². The zero-order valence-electron chi connectivity index (χ0n) is 15.6. The highest BCUT2D eigenvalue weighted by Gasteiger charge is 2.32. The largest absolute Gasteiger partial charge is 0.481 e. The normalized spacial score (nSPS) is 19.3. The molecule has 144 valence electrons. The van der Waals surface area contributed by atoms with Crippen LogP contribution in [0.3, 0.4) is 0 Å². The van der Waals surface area contributed by atoms with Crippen molar-refractivity contribution in [2.24, 2.45) is 11.7 Å². The molecule has 7 heteroatoms. The molecule has 0 saturated heterocycles. The van der Waals surface area contributed by atoms with Crippen molar-refractivity contribution >= 4 is 11.5 Å². The van der Waals surface area contributed by atoms with Gasteiger partial charge in [0.1, 0.15) is 0 Å². The molecule has 4 N–H and O–H groups in total. The number of aromatic nitrogens is 4. The first-order valence-electron chi connectivity index (χ1n) is 9.59. The van der Waals surface area contributed by atoms with Crippen LogP contribution >= 0.6 is 0 Å². The summed E-state index contributed by atoms with van der Waals surface area (Å²) >= 11 is 0. The number of hydrogen-bond donors (Lipinski definition) is 3. The molecule has 0 aliphatic heterocycles. The second-order valence-electron chi connectivity index (χ2n) is 7.23. The minimum atomic E-state index is -0.813. The summed E-state index contributed by atoms with van der Waals surface area (Å²) in [6.07, 6.45) is 6.95. The fourth-order valence-electron chi connectivity index (χ4n) is 3.90. The fraction of sp³-hybridized carbons (Fsp3) is 0.500. The summed E-state index contributed by atoms with van der Waals surface area (Å²) in [5, 5.41) is 24.1. The molecule has 7 nitrogen and oxygen atoms in total. The van der Waals surface area contributed by atoms with Gasteiger partial charge in [-0.3, -0.25) is 4.79 Å². The molecule has 1 aliphatic carbocycles. The number of carboxylic acid groups (broad SMARTS) is 1. The number of H-pyrrole nitrogens is 1. The minimum Gasteiger partial charge on any atom is -0.481 e. The Bertz CT molecular complexity index is 787. The van der Waals surface area contributed by atoms with E-state index in [0.29, 0.717) is 18.7 Å². The maximum Gasteiger partial charge on any atom is 0.307 e. The molecule has 3 atom stereocenters. The van der Waals surface area contributed by atoms with E-state index in [2.05, 4.69) is 38.8 Å². The Hall–Kier alpha value is -2.54. The Kier molecular flexibility index (Phi) is 6.34. The van der Waals surface area contributed by atoms with E-state index < -0.39 is 11.9 Å². The van der Waals surface area contributed by atoms with E-state index in [4.69, 9.17) is 5.73 Å². The van der Waals surface area contributed by atoms with Crippen molar-refractivity contribution in [3.05, 3.63) is 47.3 Å². The van der Waals surface area contributed by atoms with Gasteiger partial charge >= 0.3 is 5.97 Å². The Morgan fingerprint density at radius 3 is 2.85 bits per heavy atom. The van der Waals surface area contributed by atoms with E-state index in [1.165, 1.54) is 11.1 Å². The first-order valence-corrected chi connectivity index (χ1v) is 9.59. The molecule has 0 spiro atoms. The highest BCUT2D eigenvalue weighted by atomic mass is 16.4. The average Bonchev–Trinajstić information content (AvgIpc) is 3.20. The molecule has 0 fully saturated rings. The Balaban J connectivity index is 1.94. The molecule has 27 heavy (non-hydrogen) atoms. The van der Waals surface area contributed by atoms with Crippen molar-refractivity contribution in [2.45, 2.75) is 57.4 Å². The zero-order chi connectivity index (χ0) is 19.2. The molecule has 1 aliphatic rings. The van der Waals surface area contributed by atoms with Gasteiger partial charge in [-0.15, -0.1) is 10.2 Å². The number of carboxylic acids is 1. The van der Waals surface area contributed by atoms with Crippen LogP contribution in [0.25, 0.3) is 5.57 Å². The van der Waals surface area contributed by atoms with Crippen LogP contribution in [-0.2, 0) is 11.2 Å². The second-order valence-corrected chi connectivity index (χ2v) is 7.23. The lowest BCUT2D eigenvalue weighted by Gasteiger charge is -2.24. The molecule has 3 rings (SSSR count). The van der Waals surface area contributed by atoms with Crippen molar-refractivity contribution in [2.75, 3.05) is 0 Å². The molecule has 0 radical (unpaired) electrons. The number of aliphatic carboxylic acids is 1. The predicted octanol–water partition coefficient (Wildman–Crippen LogP) is 2.92. The van der Waals surface area contributed by atoms with Crippen molar-refractivity contribution in [1.29, 1.82) is 0 Å². The molecule has 0 amide bonds. The predicted molar refractivity (Wildman–Crippen MR) is 103 cm³/mol. The van der Waals surface area contributed by atoms with Gasteiger partial charge < -0.3 is 10.8 Å². The van der Waals surface area contributed by atoms with E-state index in [9.17, 15) is 9.90 Å². The van der Waals surface area contributed by atoms with Crippen LogP contribution in [-0.4, -0.2) is 37.7 Å². The summed E-state index contributed by atoms with van der Waals surface area (Å²) in [6.45, 7) is 1.99. The van der Waals surface area contributed by atoms with Gasteiger partial charge in [-0.25, -0.2) is 0 Å². The fourth-order valence-corrected chi connectivity index (χ4v) is 3.90. The van der Waals surface area contributed by atoms with Crippen LogP contribution in [0, 0.1) is 5.92 Å². The maximum absolute atomic E-state index is 11.9. The summed E-state index contributed by atoms with van der Waals surface area (Å²) < 4.78 is 0.